The van der Waals surface area contributed by atoms with Crippen molar-refractivity contribution in [3.05, 3.63) is 35.4 Å². The Balaban J connectivity index is 2.63. The zero-order valence-corrected chi connectivity index (χ0v) is 7.37. The number of hydrogen-bond acceptors (Lipinski definition) is 2. The van der Waals surface area contributed by atoms with E-state index in [1.807, 2.05) is 32.0 Å². The van der Waals surface area contributed by atoms with Crippen LogP contribution in [-0.2, 0) is 4.84 Å². The first-order valence-corrected chi connectivity index (χ1v) is 3.96. The van der Waals surface area contributed by atoms with Crippen LogP contribution in [0.2, 0.25) is 0 Å². The summed E-state index contributed by atoms with van der Waals surface area (Å²) >= 11 is 0. The summed E-state index contributed by atoms with van der Waals surface area (Å²) in [6, 6.07) is 8.88. The lowest BCUT2D eigenvalue weighted by atomic mass is 10.2. The lowest BCUT2D eigenvalue weighted by molar-refractivity contribution is 0.160. The minimum Gasteiger partial charge on any atom is -0.396 e. The predicted octanol–water partition coefficient (Wildman–Crippen LogP) is 2.17. The smallest absolute Gasteiger partial charge is 0.114 e. The number of benzene rings is 1. The second kappa shape index (κ2) is 4.54. The van der Waals surface area contributed by atoms with Crippen LogP contribution in [0.25, 0.3) is 0 Å². The van der Waals surface area contributed by atoms with Gasteiger partial charge in [-0.2, -0.15) is 0 Å². The second-order valence-electron chi connectivity index (χ2n) is 2.46. The van der Waals surface area contributed by atoms with Crippen molar-refractivity contribution in [1.82, 2.24) is 0 Å². The summed E-state index contributed by atoms with van der Waals surface area (Å²) in [4.78, 5) is 4.84. The molecule has 1 radical (unpaired) electrons. The molecule has 1 aromatic carbocycles. The molecule has 0 saturated carbocycles. The molecule has 0 aliphatic heterocycles. The normalized spacial score (nSPS) is 10.5. The second-order valence-corrected chi connectivity index (χ2v) is 2.46. The maximum atomic E-state index is 4.84. The highest BCUT2D eigenvalue weighted by Crippen LogP contribution is 1.99. The van der Waals surface area contributed by atoms with E-state index in [4.69, 9.17) is 4.84 Å². The molecule has 12 heavy (non-hydrogen) atoms. The molecule has 0 atom stereocenters. The molecule has 0 aliphatic carbocycles. The Hall–Kier alpha value is -1.31. The molecule has 0 aromatic heterocycles. The average molecular weight is 162 g/mol. The fraction of sp³-hybridized carbons (Fsp3) is 0.300. The van der Waals surface area contributed by atoms with Crippen LogP contribution >= 0.6 is 0 Å². The van der Waals surface area contributed by atoms with Crippen LogP contribution in [0.1, 0.15) is 18.1 Å². The van der Waals surface area contributed by atoms with E-state index >= 15 is 0 Å². The number of nitrogens with zero attached hydrogens (tertiary/aromatic N) is 1. The van der Waals surface area contributed by atoms with Crippen LogP contribution in [0.15, 0.2) is 23.4 Å². The van der Waals surface area contributed by atoms with Crippen molar-refractivity contribution in [1.29, 1.82) is 0 Å². The van der Waals surface area contributed by atoms with Crippen molar-refractivity contribution < 1.29 is 4.84 Å². The third-order valence-corrected chi connectivity index (χ3v) is 1.38. The van der Waals surface area contributed by atoms with Crippen LogP contribution < -0.4 is 0 Å². The van der Waals surface area contributed by atoms with Crippen LogP contribution in [0, 0.1) is 13.0 Å². The van der Waals surface area contributed by atoms with Crippen LogP contribution in [0.4, 0.5) is 0 Å². The van der Waals surface area contributed by atoms with Gasteiger partial charge in [-0.25, -0.2) is 0 Å². The van der Waals surface area contributed by atoms with Crippen LogP contribution in [0.5, 0.6) is 0 Å². The van der Waals surface area contributed by atoms with Gasteiger partial charge in [0.1, 0.15) is 6.61 Å². The number of aryl methyl sites for hydroxylation is 1. The van der Waals surface area contributed by atoms with E-state index < -0.39 is 0 Å². The Labute approximate surface area is 72.9 Å². The van der Waals surface area contributed by atoms with E-state index in [9.17, 15) is 0 Å². The first-order valence-electron chi connectivity index (χ1n) is 3.96. The third kappa shape index (κ3) is 2.74. The molecule has 0 bridgehead atoms. The maximum Gasteiger partial charge on any atom is 0.114 e. The molecular formula is C10H12NO. The highest BCUT2D eigenvalue weighted by atomic mass is 16.6. The summed E-state index contributed by atoms with van der Waals surface area (Å²) in [6.45, 7) is 4.51. The van der Waals surface area contributed by atoms with E-state index in [0.29, 0.717) is 6.61 Å². The third-order valence-electron chi connectivity index (χ3n) is 1.38. The number of hydrogen-bond donors (Lipinski definition) is 0. The van der Waals surface area contributed by atoms with Gasteiger partial charge in [0.25, 0.3) is 0 Å². The zero-order valence-electron chi connectivity index (χ0n) is 7.37. The molecule has 63 valence electrons. The molecule has 0 N–H and O–H groups in total. The average Bonchev–Trinajstić information content (AvgIpc) is 2.05. The zero-order chi connectivity index (χ0) is 8.81. The first kappa shape index (κ1) is 8.78. The van der Waals surface area contributed by atoms with Crippen molar-refractivity contribution in [2.75, 3.05) is 6.61 Å². The Kier molecular flexibility index (Phi) is 3.33. The molecule has 0 amide bonds. The minimum absolute atomic E-state index is 0.606. The first-order chi connectivity index (χ1) is 5.83. The van der Waals surface area contributed by atoms with Crippen LogP contribution in [-0.4, -0.2) is 12.8 Å². The van der Waals surface area contributed by atoms with Gasteiger partial charge < -0.3 is 4.84 Å². The maximum absolute atomic E-state index is 4.84. The van der Waals surface area contributed by atoms with E-state index in [1.165, 1.54) is 0 Å². The van der Waals surface area contributed by atoms with Crippen molar-refractivity contribution in [2.24, 2.45) is 5.16 Å². The van der Waals surface area contributed by atoms with Gasteiger partial charge in [-0.3, -0.25) is 0 Å². The summed E-state index contributed by atoms with van der Waals surface area (Å²) in [5.74, 6) is 0. The number of rotatable bonds is 3. The lowest BCUT2D eigenvalue weighted by Crippen LogP contribution is -1.84. The van der Waals surface area contributed by atoms with Gasteiger partial charge in [-0.15, -0.1) is 0 Å². The monoisotopic (exact) mass is 162 g/mol. The fourth-order valence-electron chi connectivity index (χ4n) is 0.862. The fourth-order valence-corrected chi connectivity index (χ4v) is 0.862. The van der Waals surface area contributed by atoms with Crippen LogP contribution in [0.3, 0.4) is 0 Å². The Morgan fingerprint density at radius 3 is 3.17 bits per heavy atom. The Bertz CT molecular complexity index is 268. The van der Waals surface area contributed by atoms with E-state index in [0.717, 1.165) is 11.1 Å². The van der Waals surface area contributed by atoms with Gasteiger partial charge in [0.15, 0.2) is 0 Å². The predicted molar refractivity (Wildman–Crippen MR) is 49.2 cm³/mol. The van der Waals surface area contributed by atoms with E-state index in [-0.39, 0.29) is 0 Å². The van der Waals surface area contributed by atoms with Gasteiger partial charge in [-0.1, -0.05) is 17.3 Å². The highest BCUT2D eigenvalue weighted by Gasteiger charge is 1.87. The Morgan fingerprint density at radius 2 is 2.50 bits per heavy atom. The highest BCUT2D eigenvalue weighted by molar-refractivity contribution is 5.79. The SMILES string of the molecule is CCON=Cc1cc[c]c(C)c1. The van der Waals surface area contributed by atoms with Crippen molar-refractivity contribution in [3.63, 3.8) is 0 Å². The molecule has 1 aromatic rings. The van der Waals surface area contributed by atoms with Gasteiger partial charge >= 0.3 is 0 Å². The molecule has 1 rings (SSSR count). The standard InChI is InChI=1S/C10H12NO/c1-3-12-11-8-10-6-4-5-9(2)7-10/h4,6-8H,3H2,1-2H3. The van der Waals surface area contributed by atoms with Crippen molar-refractivity contribution in [2.45, 2.75) is 13.8 Å². The summed E-state index contributed by atoms with van der Waals surface area (Å²) < 4.78 is 0. The van der Waals surface area contributed by atoms with Gasteiger partial charge in [-0.05, 0) is 37.1 Å². The largest absolute Gasteiger partial charge is 0.396 e. The van der Waals surface area contributed by atoms with E-state index in [1.54, 1.807) is 6.21 Å². The van der Waals surface area contributed by atoms with Crippen molar-refractivity contribution in [3.8, 4) is 0 Å². The molecule has 0 fully saturated rings. The summed E-state index contributed by atoms with van der Waals surface area (Å²) in [5.41, 5.74) is 2.15. The summed E-state index contributed by atoms with van der Waals surface area (Å²) in [5, 5.41) is 3.76. The topological polar surface area (TPSA) is 21.6 Å². The molecule has 0 saturated heterocycles. The van der Waals surface area contributed by atoms with Gasteiger partial charge in [0, 0.05) is 0 Å². The minimum atomic E-state index is 0.606. The van der Waals surface area contributed by atoms with E-state index in [2.05, 4.69) is 11.2 Å². The summed E-state index contributed by atoms with van der Waals surface area (Å²) in [6.07, 6.45) is 1.70. The molecule has 0 spiro atoms. The number of oxime groups is 1. The summed E-state index contributed by atoms with van der Waals surface area (Å²) in [7, 11) is 0. The molecular weight excluding hydrogens is 150 g/mol. The molecule has 0 heterocycles. The Morgan fingerprint density at radius 1 is 1.67 bits per heavy atom. The molecule has 0 aliphatic rings. The molecule has 0 unspecified atom stereocenters. The molecule has 2 heteroatoms. The lowest BCUT2D eigenvalue weighted by Gasteiger charge is -1.94. The van der Waals surface area contributed by atoms with Crippen molar-refractivity contribution >= 4 is 6.21 Å². The van der Waals surface area contributed by atoms with Gasteiger partial charge in [0.05, 0.1) is 6.21 Å². The quantitative estimate of drug-likeness (QED) is 0.493. The van der Waals surface area contributed by atoms with Gasteiger partial charge in [0.2, 0.25) is 0 Å². The molecule has 2 nitrogen and oxygen atoms in total.